The Morgan fingerprint density at radius 1 is 1.11 bits per heavy atom. The van der Waals surface area contributed by atoms with Gasteiger partial charge in [0.1, 0.15) is 11.8 Å². The minimum atomic E-state index is -0.298. The SMILES string of the molecule is CCCCOc1ccc(C2C3=C(CC(C)(C)CC3=O)Nc3nc(SCc4ccccc4)nn32)cc1. The molecular weight excluding hydrogens is 456 g/mol. The molecule has 0 fully saturated rings. The van der Waals surface area contributed by atoms with Gasteiger partial charge in [-0.15, -0.1) is 5.10 Å². The molecule has 2 aromatic carbocycles. The number of ether oxygens (including phenoxy) is 1. The van der Waals surface area contributed by atoms with Crippen LogP contribution >= 0.6 is 11.8 Å². The summed E-state index contributed by atoms with van der Waals surface area (Å²) in [5, 5.41) is 9.02. The van der Waals surface area contributed by atoms with E-state index in [4.69, 9.17) is 14.8 Å². The Hall–Kier alpha value is -3.06. The van der Waals surface area contributed by atoms with Crippen molar-refractivity contribution in [1.82, 2.24) is 14.8 Å². The summed E-state index contributed by atoms with van der Waals surface area (Å²) in [4.78, 5) is 18.2. The van der Waals surface area contributed by atoms with Gasteiger partial charge < -0.3 is 10.1 Å². The second-order valence-corrected chi connectivity index (χ2v) is 11.0. The average molecular weight is 489 g/mol. The van der Waals surface area contributed by atoms with Crippen molar-refractivity contribution in [2.75, 3.05) is 11.9 Å². The van der Waals surface area contributed by atoms with Crippen LogP contribution in [0.5, 0.6) is 5.75 Å². The molecule has 35 heavy (non-hydrogen) atoms. The number of ketones is 1. The molecule has 2 heterocycles. The lowest BCUT2D eigenvalue weighted by atomic mass is 9.73. The van der Waals surface area contributed by atoms with Gasteiger partial charge in [-0.05, 0) is 41.5 Å². The fourth-order valence-electron chi connectivity index (χ4n) is 4.76. The summed E-state index contributed by atoms with van der Waals surface area (Å²) in [5.41, 5.74) is 3.93. The molecule has 0 saturated carbocycles. The summed E-state index contributed by atoms with van der Waals surface area (Å²) in [6.45, 7) is 7.16. The van der Waals surface area contributed by atoms with Gasteiger partial charge in [-0.1, -0.05) is 81.4 Å². The number of benzene rings is 2. The number of nitrogens with zero attached hydrogens (tertiary/aromatic N) is 3. The third-order valence-electron chi connectivity index (χ3n) is 6.49. The van der Waals surface area contributed by atoms with Gasteiger partial charge in [0.05, 0.1) is 6.61 Å². The molecule has 3 aromatic rings. The lowest BCUT2D eigenvalue weighted by molar-refractivity contribution is -0.118. The first-order valence-corrected chi connectivity index (χ1v) is 13.3. The second kappa shape index (κ2) is 9.90. The van der Waals surface area contributed by atoms with Crippen LogP contribution in [0.15, 0.2) is 71.0 Å². The fourth-order valence-corrected chi connectivity index (χ4v) is 5.55. The number of aromatic nitrogens is 3. The highest BCUT2D eigenvalue weighted by molar-refractivity contribution is 7.98. The van der Waals surface area contributed by atoms with Gasteiger partial charge in [-0.25, -0.2) is 4.68 Å². The zero-order chi connectivity index (χ0) is 24.4. The van der Waals surface area contributed by atoms with Crippen LogP contribution in [-0.2, 0) is 10.5 Å². The van der Waals surface area contributed by atoms with Crippen LogP contribution in [0.1, 0.15) is 63.6 Å². The van der Waals surface area contributed by atoms with Gasteiger partial charge in [0.2, 0.25) is 11.1 Å². The predicted molar refractivity (Wildman–Crippen MR) is 140 cm³/mol. The first kappa shape index (κ1) is 23.7. The lowest BCUT2D eigenvalue weighted by Gasteiger charge is -2.38. The van der Waals surface area contributed by atoms with Crippen molar-refractivity contribution in [3.8, 4) is 5.75 Å². The van der Waals surface area contributed by atoms with Crippen LogP contribution in [0, 0.1) is 5.41 Å². The quantitative estimate of drug-likeness (QED) is 0.292. The number of hydrogen-bond donors (Lipinski definition) is 1. The van der Waals surface area contributed by atoms with E-state index in [-0.39, 0.29) is 17.2 Å². The van der Waals surface area contributed by atoms with E-state index in [2.05, 4.69) is 50.4 Å². The summed E-state index contributed by atoms with van der Waals surface area (Å²) in [5.74, 6) is 2.51. The van der Waals surface area contributed by atoms with Crippen LogP contribution in [0.25, 0.3) is 0 Å². The van der Waals surface area contributed by atoms with Gasteiger partial charge >= 0.3 is 0 Å². The number of carbonyl (C=O) groups excluding carboxylic acids is 1. The van der Waals surface area contributed by atoms with Gasteiger partial charge in [-0.3, -0.25) is 4.79 Å². The molecule has 2 aliphatic rings. The largest absolute Gasteiger partial charge is 0.494 e. The Bertz CT molecular complexity index is 1230. The summed E-state index contributed by atoms with van der Waals surface area (Å²) in [6, 6.07) is 18.1. The van der Waals surface area contributed by atoms with Crippen molar-refractivity contribution in [2.24, 2.45) is 5.41 Å². The highest BCUT2D eigenvalue weighted by atomic mass is 32.2. The van der Waals surface area contributed by atoms with E-state index in [0.29, 0.717) is 24.1 Å². The number of unbranched alkanes of at least 4 members (excludes halogenated alkanes) is 1. The highest BCUT2D eigenvalue weighted by Gasteiger charge is 2.41. The van der Waals surface area contributed by atoms with E-state index in [1.54, 1.807) is 11.8 Å². The lowest BCUT2D eigenvalue weighted by Crippen LogP contribution is -2.36. The molecule has 1 aromatic heterocycles. The maximum Gasteiger partial charge on any atom is 0.227 e. The van der Waals surface area contributed by atoms with E-state index in [1.165, 1.54) is 5.56 Å². The maximum atomic E-state index is 13.4. The van der Waals surface area contributed by atoms with Crippen LogP contribution in [0.2, 0.25) is 0 Å². The van der Waals surface area contributed by atoms with Crippen molar-refractivity contribution in [3.05, 3.63) is 77.0 Å². The van der Waals surface area contributed by atoms with Gasteiger partial charge in [-0.2, -0.15) is 4.98 Å². The second-order valence-electron chi connectivity index (χ2n) is 10.1. The molecule has 0 saturated heterocycles. The number of allylic oxidation sites excluding steroid dienone is 2. The summed E-state index contributed by atoms with van der Waals surface area (Å²) < 4.78 is 7.75. The zero-order valence-corrected chi connectivity index (χ0v) is 21.4. The third-order valence-corrected chi connectivity index (χ3v) is 7.39. The molecular formula is C28H32N4O2S. The van der Waals surface area contributed by atoms with Crippen molar-refractivity contribution >= 4 is 23.5 Å². The molecule has 1 aliphatic heterocycles. The molecule has 6 nitrogen and oxygen atoms in total. The van der Waals surface area contributed by atoms with Gasteiger partial charge in [0, 0.05) is 23.4 Å². The first-order chi connectivity index (χ1) is 16.9. The number of carbonyl (C=O) groups is 1. The molecule has 1 atom stereocenters. The topological polar surface area (TPSA) is 69.0 Å². The third kappa shape index (κ3) is 5.15. The van der Waals surface area contributed by atoms with E-state index >= 15 is 0 Å². The van der Waals surface area contributed by atoms with Crippen molar-refractivity contribution < 1.29 is 9.53 Å². The minimum absolute atomic E-state index is 0.0858. The van der Waals surface area contributed by atoms with Crippen molar-refractivity contribution in [3.63, 3.8) is 0 Å². The van der Waals surface area contributed by atoms with Crippen LogP contribution in [0.4, 0.5) is 5.95 Å². The van der Waals surface area contributed by atoms with Crippen LogP contribution < -0.4 is 10.1 Å². The Morgan fingerprint density at radius 3 is 2.63 bits per heavy atom. The van der Waals surface area contributed by atoms with E-state index < -0.39 is 0 Å². The number of rotatable bonds is 8. The summed E-state index contributed by atoms with van der Waals surface area (Å²) in [6.07, 6.45) is 3.47. The van der Waals surface area contributed by atoms with Gasteiger partial charge in [0.25, 0.3) is 0 Å². The van der Waals surface area contributed by atoms with Crippen LogP contribution in [-0.4, -0.2) is 27.2 Å². The average Bonchev–Trinajstić information content (AvgIpc) is 3.24. The molecule has 5 rings (SSSR count). The maximum absolute atomic E-state index is 13.4. The number of hydrogen-bond acceptors (Lipinski definition) is 6. The molecule has 1 aliphatic carbocycles. The molecule has 0 amide bonds. The molecule has 7 heteroatoms. The summed E-state index contributed by atoms with van der Waals surface area (Å²) in [7, 11) is 0. The fraction of sp³-hybridized carbons (Fsp3) is 0.393. The first-order valence-electron chi connectivity index (χ1n) is 12.3. The zero-order valence-electron chi connectivity index (χ0n) is 20.6. The number of anilines is 1. The van der Waals surface area contributed by atoms with Crippen LogP contribution in [0.3, 0.4) is 0 Å². The molecule has 1 N–H and O–H groups in total. The Balaban J connectivity index is 1.47. The van der Waals surface area contributed by atoms with Gasteiger partial charge in [0.15, 0.2) is 5.78 Å². The standard InChI is InChI=1S/C28H32N4O2S/c1-4-5-15-34-21-13-11-20(12-14-21)25-24-22(16-28(2,3)17-23(24)33)29-26-30-27(31-32(25)26)35-18-19-9-7-6-8-10-19/h6-14,25H,4-5,15-18H2,1-3H3,(H,29,30,31). The minimum Gasteiger partial charge on any atom is -0.494 e. The number of Topliss-reactive ketones (excluding diaryl/α,β-unsaturated/α-hetero) is 1. The van der Waals surface area contributed by atoms with E-state index in [0.717, 1.165) is 47.6 Å². The Kier molecular flexibility index (Phi) is 6.69. The predicted octanol–water partition coefficient (Wildman–Crippen LogP) is 6.41. The summed E-state index contributed by atoms with van der Waals surface area (Å²) >= 11 is 1.61. The Labute approximate surface area is 211 Å². The number of nitrogens with one attached hydrogen (secondary N) is 1. The van der Waals surface area contributed by atoms with E-state index in [1.807, 2.05) is 35.0 Å². The number of fused-ring (bicyclic) bond motifs is 1. The molecule has 0 radical (unpaired) electrons. The molecule has 0 bridgehead atoms. The molecule has 0 spiro atoms. The number of thioether (sulfide) groups is 1. The monoisotopic (exact) mass is 488 g/mol. The smallest absolute Gasteiger partial charge is 0.227 e. The normalized spacial score (nSPS) is 18.6. The van der Waals surface area contributed by atoms with Crippen molar-refractivity contribution in [2.45, 2.75) is 63.4 Å². The van der Waals surface area contributed by atoms with E-state index in [9.17, 15) is 4.79 Å². The molecule has 1 unspecified atom stereocenters. The molecule has 182 valence electrons. The highest BCUT2D eigenvalue weighted by Crippen LogP contribution is 2.45. The Morgan fingerprint density at radius 2 is 1.89 bits per heavy atom. The van der Waals surface area contributed by atoms with Crippen molar-refractivity contribution in [1.29, 1.82) is 0 Å².